The van der Waals surface area contributed by atoms with Crippen molar-refractivity contribution in [3.05, 3.63) is 23.1 Å². The molecule has 0 radical (unpaired) electrons. The van der Waals surface area contributed by atoms with E-state index in [4.69, 9.17) is 15.6 Å². The lowest BCUT2D eigenvalue weighted by Gasteiger charge is -2.14. The normalized spacial score (nSPS) is 14.0. The largest absolute Gasteiger partial charge is 0.364 e. The zero-order valence-corrected chi connectivity index (χ0v) is 17.0. The van der Waals surface area contributed by atoms with Crippen LogP contribution in [0.5, 0.6) is 0 Å². The lowest BCUT2D eigenvalue weighted by molar-refractivity contribution is 0.0157. The molecule has 1 aliphatic rings. The average molecular weight is 392 g/mol. The highest BCUT2D eigenvalue weighted by atomic mass is 32.1. The van der Waals surface area contributed by atoms with E-state index in [1.165, 1.54) is 0 Å². The molecule has 0 fully saturated rings. The highest BCUT2D eigenvalue weighted by Crippen LogP contribution is 2.35. The van der Waals surface area contributed by atoms with E-state index in [0.29, 0.717) is 12.3 Å². The predicted molar refractivity (Wildman–Crippen MR) is 108 cm³/mol. The molecule has 1 unspecified atom stereocenters. The predicted octanol–water partition coefficient (Wildman–Crippen LogP) is 2.99. The van der Waals surface area contributed by atoms with E-state index in [-0.39, 0.29) is 6.23 Å². The number of aryl methyl sites for hydroxylation is 2. The van der Waals surface area contributed by atoms with Gasteiger partial charge in [0.25, 0.3) is 5.91 Å². The van der Waals surface area contributed by atoms with Crippen LogP contribution in [0, 0.1) is 0 Å². The van der Waals surface area contributed by atoms with Crippen LogP contribution in [0.3, 0.4) is 0 Å². The maximum Gasteiger partial charge on any atom is 0.269 e. The molecular formula is C19H29N5O2S. The molecule has 2 aromatic heterocycles. The Hall–Kier alpha value is -1.80. The van der Waals surface area contributed by atoms with Gasteiger partial charge < -0.3 is 10.5 Å². The molecule has 0 saturated heterocycles. The third kappa shape index (κ3) is 4.21. The number of ether oxygens (including phenoxy) is 1. The average Bonchev–Trinajstić information content (AvgIpc) is 3.23. The molecular weight excluding hydrogens is 362 g/mol. The summed E-state index contributed by atoms with van der Waals surface area (Å²) in [5.74, 6) is 0.461. The second kappa shape index (κ2) is 8.93. The van der Waals surface area contributed by atoms with Crippen LogP contribution in [0.2, 0.25) is 0 Å². The Bertz CT molecular complexity index is 798. The zero-order valence-electron chi connectivity index (χ0n) is 16.1. The minimum atomic E-state index is -0.460. The molecule has 0 aromatic carbocycles. The first-order valence-corrected chi connectivity index (χ1v) is 10.4. The van der Waals surface area contributed by atoms with Crippen molar-refractivity contribution in [1.82, 2.24) is 19.6 Å². The van der Waals surface area contributed by atoms with Crippen LogP contribution in [0.1, 0.15) is 67.5 Å². The molecule has 2 N–H and O–H groups in total. The quantitative estimate of drug-likeness (QED) is 0.481. The number of rotatable bonds is 10. The van der Waals surface area contributed by atoms with E-state index < -0.39 is 5.91 Å². The van der Waals surface area contributed by atoms with Crippen molar-refractivity contribution >= 4 is 18.5 Å². The van der Waals surface area contributed by atoms with Gasteiger partial charge in [-0.25, -0.2) is 4.68 Å². The first-order chi connectivity index (χ1) is 13.1. The fraction of sp³-hybridized carbons (Fsp3) is 0.632. The number of nitrogens with two attached hydrogens (primary N) is 1. The molecule has 1 amide bonds. The number of aromatic nitrogens is 4. The van der Waals surface area contributed by atoms with Crippen molar-refractivity contribution in [1.29, 1.82) is 0 Å². The van der Waals surface area contributed by atoms with Gasteiger partial charge in [-0.3, -0.25) is 9.48 Å². The molecule has 1 aliphatic carbocycles. The van der Waals surface area contributed by atoms with Gasteiger partial charge >= 0.3 is 0 Å². The Morgan fingerprint density at radius 1 is 1.30 bits per heavy atom. The van der Waals surface area contributed by atoms with Crippen LogP contribution in [0.25, 0.3) is 11.3 Å². The number of carbonyl (C=O) groups excluding carboxylic acids is 1. The van der Waals surface area contributed by atoms with Crippen LogP contribution in [0.15, 0.2) is 6.20 Å². The first kappa shape index (κ1) is 19.9. The van der Waals surface area contributed by atoms with Crippen molar-refractivity contribution in [3.8, 4) is 11.3 Å². The van der Waals surface area contributed by atoms with E-state index in [9.17, 15) is 4.79 Å². The summed E-state index contributed by atoms with van der Waals surface area (Å²) in [5.41, 5.74) is 10.0. The van der Waals surface area contributed by atoms with E-state index in [1.54, 1.807) is 0 Å². The summed E-state index contributed by atoms with van der Waals surface area (Å²) in [4.78, 5) is 11.9. The van der Waals surface area contributed by atoms with Gasteiger partial charge in [-0.2, -0.15) is 22.8 Å². The SMILES string of the molecule is CCOC(C)n1cc2c(n1)CCc1c(C(N)=O)nn(CCCCCCS)c1-2. The summed E-state index contributed by atoms with van der Waals surface area (Å²) in [6.07, 6.45) is 7.81. The summed E-state index contributed by atoms with van der Waals surface area (Å²) in [7, 11) is 0. The molecule has 148 valence electrons. The molecule has 3 rings (SSSR count). The van der Waals surface area contributed by atoms with Gasteiger partial charge in [0.2, 0.25) is 0 Å². The standard InChI is InChI=1S/C19H29N5O2S/c1-3-26-13(2)24-12-15-16(21-24)9-8-14-17(19(20)25)22-23(18(14)15)10-6-4-5-7-11-27/h12-13,27H,3-11H2,1-2H3,(H2,20,25). The third-order valence-electron chi connectivity index (χ3n) is 5.02. The van der Waals surface area contributed by atoms with Gasteiger partial charge in [0.05, 0.1) is 11.4 Å². The van der Waals surface area contributed by atoms with Gasteiger partial charge in [-0.15, -0.1) is 0 Å². The van der Waals surface area contributed by atoms with E-state index in [2.05, 4.69) is 17.7 Å². The summed E-state index contributed by atoms with van der Waals surface area (Å²) in [5, 5.41) is 9.27. The van der Waals surface area contributed by atoms with E-state index >= 15 is 0 Å². The van der Waals surface area contributed by atoms with Crippen LogP contribution < -0.4 is 5.73 Å². The van der Waals surface area contributed by atoms with Crippen molar-refractivity contribution < 1.29 is 9.53 Å². The molecule has 0 saturated carbocycles. The van der Waals surface area contributed by atoms with Crippen molar-refractivity contribution in [2.24, 2.45) is 5.73 Å². The highest BCUT2D eigenvalue weighted by molar-refractivity contribution is 7.80. The molecule has 0 bridgehead atoms. The maximum absolute atomic E-state index is 11.9. The van der Waals surface area contributed by atoms with E-state index in [1.807, 2.05) is 29.4 Å². The Balaban J connectivity index is 1.91. The number of hydrogen-bond acceptors (Lipinski definition) is 5. The molecule has 27 heavy (non-hydrogen) atoms. The van der Waals surface area contributed by atoms with Crippen LogP contribution in [-0.4, -0.2) is 37.8 Å². The Morgan fingerprint density at radius 2 is 2.07 bits per heavy atom. The van der Waals surface area contributed by atoms with Gasteiger partial charge in [0.15, 0.2) is 5.69 Å². The molecule has 7 nitrogen and oxygen atoms in total. The Kier molecular flexibility index (Phi) is 6.59. The van der Waals surface area contributed by atoms with Crippen LogP contribution in [0.4, 0.5) is 0 Å². The van der Waals surface area contributed by atoms with Gasteiger partial charge in [-0.05, 0) is 45.3 Å². The van der Waals surface area contributed by atoms with E-state index in [0.717, 1.165) is 73.3 Å². The second-order valence-corrected chi connectivity index (χ2v) is 7.37. The van der Waals surface area contributed by atoms with Gasteiger partial charge in [0.1, 0.15) is 6.23 Å². The monoisotopic (exact) mass is 391 g/mol. The fourth-order valence-electron chi connectivity index (χ4n) is 3.68. The van der Waals surface area contributed by atoms with Crippen molar-refractivity contribution in [3.63, 3.8) is 0 Å². The lowest BCUT2D eigenvalue weighted by Crippen LogP contribution is -2.15. The summed E-state index contributed by atoms with van der Waals surface area (Å²) in [6.45, 7) is 5.36. The van der Waals surface area contributed by atoms with Crippen molar-refractivity contribution in [2.45, 2.75) is 65.1 Å². The van der Waals surface area contributed by atoms with Crippen LogP contribution in [-0.2, 0) is 24.1 Å². The number of nitrogens with zero attached hydrogens (tertiary/aromatic N) is 4. The third-order valence-corrected chi connectivity index (χ3v) is 5.33. The zero-order chi connectivity index (χ0) is 19.4. The number of fused-ring (bicyclic) bond motifs is 3. The molecule has 2 aromatic rings. The minimum absolute atomic E-state index is 0.128. The molecule has 0 spiro atoms. The minimum Gasteiger partial charge on any atom is -0.364 e. The Morgan fingerprint density at radius 3 is 2.78 bits per heavy atom. The topological polar surface area (TPSA) is 88.0 Å². The smallest absolute Gasteiger partial charge is 0.269 e. The number of amides is 1. The summed E-state index contributed by atoms with van der Waals surface area (Å²) in [6, 6.07) is 0. The van der Waals surface area contributed by atoms with Gasteiger partial charge in [0, 0.05) is 30.5 Å². The fourth-order valence-corrected chi connectivity index (χ4v) is 3.91. The highest BCUT2D eigenvalue weighted by Gasteiger charge is 2.29. The Labute approximate surface area is 165 Å². The lowest BCUT2D eigenvalue weighted by atomic mass is 9.93. The second-order valence-electron chi connectivity index (χ2n) is 6.93. The van der Waals surface area contributed by atoms with Crippen LogP contribution >= 0.6 is 12.6 Å². The summed E-state index contributed by atoms with van der Waals surface area (Å²) >= 11 is 4.26. The summed E-state index contributed by atoms with van der Waals surface area (Å²) < 4.78 is 9.48. The number of unbranched alkanes of at least 4 members (excludes halogenated alkanes) is 3. The number of thiol groups is 1. The molecule has 1 atom stereocenters. The number of primary amides is 1. The van der Waals surface area contributed by atoms with Gasteiger partial charge in [-0.1, -0.05) is 12.8 Å². The maximum atomic E-state index is 11.9. The molecule has 2 heterocycles. The molecule has 8 heteroatoms. The van der Waals surface area contributed by atoms with Crippen molar-refractivity contribution in [2.75, 3.05) is 12.4 Å². The number of carbonyl (C=O) groups is 1. The first-order valence-electron chi connectivity index (χ1n) is 9.77. The molecule has 0 aliphatic heterocycles. The number of hydrogen-bond donors (Lipinski definition) is 2.